The fourth-order valence-corrected chi connectivity index (χ4v) is 1.89. The second-order valence-corrected chi connectivity index (χ2v) is 4.52. The van der Waals surface area contributed by atoms with E-state index in [9.17, 15) is 9.18 Å². The third kappa shape index (κ3) is 3.29. The average molecular weight is 252 g/mol. The molecule has 2 N–H and O–H groups in total. The molecule has 0 saturated heterocycles. The largest absolute Gasteiger partial charge is 0.339 e. The lowest BCUT2D eigenvalue weighted by molar-refractivity contribution is -0.135. The molecule has 1 amide bonds. The van der Waals surface area contributed by atoms with Crippen molar-refractivity contribution in [1.29, 1.82) is 0 Å². The highest BCUT2D eigenvalue weighted by molar-refractivity contribution is 5.79. The zero-order chi connectivity index (χ0) is 13.7. The zero-order valence-electron chi connectivity index (χ0n) is 11.2. The predicted molar refractivity (Wildman–Crippen MR) is 70.4 cm³/mol. The third-order valence-electron chi connectivity index (χ3n) is 3.41. The van der Waals surface area contributed by atoms with Gasteiger partial charge < -0.3 is 10.6 Å². The van der Waals surface area contributed by atoms with Crippen LogP contribution in [0.1, 0.15) is 31.9 Å². The number of rotatable bonds is 5. The van der Waals surface area contributed by atoms with Crippen LogP contribution in [0.4, 0.5) is 4.39 Å². The summed E-state index contributed by atoms with van der Waals surface area (Å²) >= 11 is 0. The van der Waals surface area contributed by atoms with Crippen molar-refractivity contribution in [2.45, 2.75) is 26.3 Å². The fraction of sp³-hybridized carbons (Fsp3) is 0.500. The normalized spacial score (nSPS) is 14.1. The molecule has 2 atom stereocenters. The van der Waals surface area contributed by atoms with Crippen LogP contribution in [0.3, 0.4) is 0 Å². The summed E-state index contributed by atoms with van der Waals surface area (Å²) in [5, 5.41) is 0. The van der Waals surface area contributed by atoms with E-state index in [1.807, 2.05) is 13.8 Å². The molecule has 100 valence electrons. The molecule has 0 aliphatic heterocycles. The Balaban J connectivity index is 2.80. The van der Waals surface area contributed by atoms with Gasteiger partial charge in [0.15, 0.2) is 0 Å². The third-order valence-corrected chi connectivity index (χ3v) is 3.41. The molecule has 4 heteroatoms. The Bertz CT molecular complexity index is 387. The van der Waals surface area contributed by atoms with Crippen LogP contribution < -0.4 is 5.73 Å². The van der Waals surface area contributed by atoms with Crippen LogP contribution in [0.5, 0.6) is 0 Å². The molecule has 3 nitrogen and oxygen atoms in total. The van der Waals surface area contributed by atoms with Gasteiger partial charge in [0, 0.05) is 13.6 Å². The molecule has 1 aromatic carbocycles. The maximum Gasteiger partial charge on any atom is 0.227 e. The number of halogens is 1. The first-order chi connectivity index (χ1) is 8.51. The Kier molecular flexibility index (Phi) is 5.28. The van der Waals surface area contributed by atoms with Crippen LogP contribution >= 0.6 is 0 Å². The maximum atomic E-state index is 12.9. The van der Waals surface area contributed by atoms with Crippen molar-refractivity contribution >= 4 is 5.91 Å². The number of carbonyl (C=O) groups is 1. The quantitative estimate of drug-likeness (QED) is 0.874. The van der Waals surface area contributed by atoms with Gasteiger partial charge in [-0.2, -0.15) is 0 Å². The van der Waals surface area contributed by atoms with E-state index in [0.717, 1.165) is 12.0 Å². The molecule has 0 spiro atoms. The first-order valence-electron chi connectivity index (χ1n) is 6.23. The summed E-state index contributed by atoms with van der Waals surface area (Å²) in [6.07, 6.45) is 0.732. The highest BCUT2D eigenvalue weighted by Crippen LogP contribution is 2.21. The van der Waals surface area contributed by atoms with Gasteiger partial charge in [-0.15, -0.1) is 0 Å². The van der Waals surface area contributed by atoms with Crippen molar-refractivity contribution < 1.29 is 9.18 Å². The second-order valence-electron chi connectivity index (χ2n) is 4.52. The summed E-state index contributed by atoms with van der Waals surface area (Å²) in [7, 11) is 1.76. The van der Waals surface area contributed by atoms with Gasteiger partial charge in [0.25, 0.3) is 0 Å². The van der Waals surface area contributed by atoms with Gasteiger partial charge in [0.1, 0.15) is 5.82 Å². The van der Waals surface area contributed by atoms with E-state index in [0.29, 0.717) is 6.54 Å². The summed E-state index contributed by atoms with van der Waals surface area (Å²) in [6.45, 7) is 4.23. The molecule has 18 heavy (non-hydrogen) atoms. The molecule has 0 fully saturated rings. The summed E-state index contributed by atoms with van der Waals surface area (Å²) in [5.74, 6) is -0.372. The SMILES string of the molecule is CCC(CN)C(=O)N(C)C(C)c1ccc(F)cc1. The number of benzene rings is 1. The van der Waals surface area contributed by atoms with Gasteiger partial charge >= 0.3 is 0 Å². The first kappa shape index (κ1) is 14.6. The minimum atomic E-state index is -0.270. The number of hydrogen-bond acceptors (Lipinski definition) is 2. The monoisotopic (exact) mass is 252 g/mol. The fourth-order valence-electron chi connectivity index (χ4n) is 1.89. The van der Waals surface area contributed by atoms with Crippen molar-refractivity contribution in [2.75, 3.05) is 13.6 Å². The van der Waals surface area contributed by atoms with Crippen LogP contribution in [-0.4, -0.2) is 24.4 Å². The Hall–Kier alpha value is -1.42. The average Bonchev–Trinajstić information content (AvgIpc) is 2.39. The van der Waals surface area contributed by atoms with Crippen LogP contribution in [0, 0.1) is 11.7 Å². The van der Waals surface area contributed by atoms with E-state index >= 15 is 0 Å². The van der Waals surface area contributed by atoms with E-state index < -0.39 is 0 Å². The number of carbonyl (C=O) groups excluding carboxylic acids is 1. The lowest BCUT2D eigenvalue weighted by Gasteiger charge is -2.28. The molecule has 0 saturated carbocycles. The van der Waals surface area contributed by atoms with E-state index in [-0.39, 0.29) is 23.7 Å². The maximum absolute atomic E-state index is 12.9. The predicted octanol–water partition coefficient (Wildman–Crippen LogP) is 2.33. The summed E-state index contributed by atoms with van der Waals surface area (Å²) < 4.78 is 12.9. The van der Waals surface area contributed by atoms with Gasteiger partial charge in [-0.1, -0.05) is 19.1 Å². The molecule has 0 bridgehead atoms. The van der Waals surface area contributed by atoms with Crippen LogP contribution in [0.15, 0.2) is 24.3 Å². The highest BCUT2D eigenvalue weighted by atomic mass is 19.1. The Morgan fingerprint density at radius 2 is 1.94 bits per heavy atom. The lowest BCUT2D eigenvalue weighted by Crippen LogP contribution is -2.37. The summed E-state index contributed by atoms with van der Waals surface area (Å²) in [5.41, 5.74) is 6.50. The molecule has 0 heterocycles. The van der Waals surface area contributed by atoms with E-state index in [1.54, 1.807) is 24.1 Å². The second kappa shape index (κ2) is 6.50. The van der Waals surface area contributed by atoms with Crippen LogP contribution in [0.2, 0.25) is 0 Å². The molecular weight excluding hydrogens is 231 g/mol. The van der Waals surface area contributed by atoms with Crippen molar-refractivity contribution in [3.05, 3.63) is 35.6 Å². The number of hydrogen-bond donors (Lipinski definition) is 1. The molecule has 0 aliphatic carbocycles. The molecule has 0 radical (unpaired) electrons. The summed E-state index contributed by atoms with van der Waals surface area (Å²) in [6, 6.07) is 6.13. The minimum Gasteiger partial charge on any atom is -0.339 e. The van der Waals surface area contributed by atoms with Crippen molar-refractivity contribution in [2.24, 2.45) is 11.7 Å². The summed E-state index contributed by atoms with van der Waals surface area (Å²) in [4.78, 5) is 13.8. The number of nitrogens with two attached hydrogens (primary N) is 1. The molecule has 0 aromatic heterocycles. The Morgan fingerprint density at radius 3 is 2.39 bits per heavy atom. The molecule has 2 unspecified atom stereocenters. The van der Waals surface area contributed by atoms with Gasteiger partial charge in [-0.25, -0.2) is 4.39 Å². The number of nitrogens with zero attached hydrogens (tertiary/aromatic N) is 1. The molecule has 0 aliphatic rings. The highest BCUT2D eigenvalue weighted by Gasteiger charge is 2.23. The van der Waals surface area contributed by atoms with Gasteiger partial charge in [-0.3, -0.25) is 4.79 Å². The van der Waals surface area contributed by atoms with Gasteiger partial charge in [-0.05, 0) is 31.0 Å². The topological polar surface area (TPSA) is 46.3 Å². The standard InChI is InChI=1S/C14H21FN2O/c1-4-11(9-16)14(18)17(3)10(2)12-5-7-13(15)8-6-12/h5-8,10-11H,4,9,16H2,1-3H3. The Labute approximate surface area is 108 Å². The molecular formula is C14H21FN2O. The lowest BCUT2D eigenvalue weighted by atomic mass is 10.0. The van der Waals surface area contributed by atoms with E-state index in [1.165, 1.54) is 12.1 Å². The van der Waals surface area contributed by atoms with Crippen molar-refractivity contribution in [3.8, 4) is 0 Å². The number of amides is 1. The Morgan fingerprint density at radius 1 is 1.39 bits per heavy atom. The minimum absolute atomic E-state index is 0.0387. The van der Waals surface area contributed by atoms with E-state index in [2.05, 4.69) is 0 Å². The first-order valence-corrected chi connectivity index (χ1v) is 6.23. The van der Waals surface area contributed by atoms with Crippen LogP contribution in [0.25, 0.3) is 0 Å². The molecule has 1 rings (SSSR count). The smallest absolute Gasteiger partial charge is 0.227 e. The zero-order valence-corrected chi connectivity index (χ0v) is 11.2. The van der Waals surface area contributed by atoms with E-state index in [4.69, 9.17) is 5.73 Å². The molecule has 1 aromatic rings. The van der Waals surface area contributed by atoms with Crippen molar-refractivity contribution in [1.82, 2.24) is 4.90 Å². The van der Waals surface area contributed by atoms with Gasteiger partial charge in [0.2, 0.25) is 5.91 Å². The van der Waals surface area contributed by atoms with Gasteiger partial charge in [0.05, 0.1) is 12.0 Å². The van der Waals surface area contributed by atoms with Crippen molar-refractivity contribution in [3.63, 3.8) is 0 Å². The van der Waals surface area contributed by atoms with Crippen LogP contribution in [-0.2, 0) is 4.79 Å².